The van der Waals surface area contributed by atoms with E-state index >= 15 is 0 Å². The molecule has 5 heteroatoms. The Morgan fingerprint density at radius 3 is 2.42 bits per heavy atom. The van der Waals surface area contributed by atoms with Gasteiger partial charge in [0.05, 0.1) is 11.7 Å². The second-order valence-electron chi connectivity index (χ2n) is 8.10. The lowest BCUT2D eigenvalue weighted by Crippen LogP contribution is -2.51. The Labute approximate surface area is 185 Å². The lowest BCUT2D eigenvalue weighted by molar-refractivity contribution is -0.126. The maximum atomic E-state index is 13.5. The van der Waals surface area contributed by atoms with Gasteiger partial charge in [-0.15, -0.1) is 0 Å². The minimum Gasteiger partial charge on any atom is -0.490 e. The third kappa shape index (κ3) is 5.97. The van der Waals surface area contributed by atoms with E-state index in [-0.39, 0.29) is 24.0 Å². The lowest BCUT2D eigenvalue weighted by atomic mass is 10.0. The number of carbonyl (C=O) groups excluding carboxylic acids is 2. The van der Waals surface area contributed by atoms with Crippen molar-refractivity contribution in [1.82, 2.24) is 10.2 Å². The van der Waals surface area contributed by atoms with Crippen molar-refractivity contribution >= 4 is 11.8 Å². The van der Waals surface area contributed by atoms with Crippen molar-refractivity contribution in [3.8, 4) is 5.75 Å². The van der Waals surface area contributed by atoms with E-state index in [1.165, 1.54) is 0 Å². The smallest absolute Gasteiger partial charge is 0.258 e. The maximum absolute atomic E-state index is 13.5. The van der Waals surface area contributed by atoms with Gasteiger partial charge >= 0.3 is 0 Å². The van der Waals surface area contributed by atoms with E-state index in [1.807, 2.05) is 55.5 Å². The van der Waals surface area contributed by atoms with Crippen LogP contribution in [-0.4, -0.2) is 41.9 Å². The molecule has 0 fully saturated rings. The first kappa shape index (κ1) is 22.6. The molecule has 1 heterocycles. The molecule has 0 saturated carbocycles. The second-order valence-corrected chi connectivity index (χ2v) is 8.10. The molecular weight excluding hydrogens is 388 g/mol. The quantitative estimate of drug-likeness (QED) is 0.750. The summed E-state index contributed by atoms with van der Waals surface area (Å²) in [5.74, 6) is 0.186. The van der Waals surface area contributed by atoms with E-state index in [0.29, 0.717) is 17.7 Å². The number of carbonyl (C=O) groups is 2. The van der Waals surface area contributed by atoms with E-state index in [4.69, 9.17) is 4.74 Å². The van der Waals surface area contributed by atoms with Crippen molar-refractivity contribution in [3.63, 3.8) is 0 Å². The number of ether oxygens (including phenoxy) is 1. The average Bonchev–Trinajstić information content (AvgIpc) is 2.79. The summed E-state index contributed by atoms with van der Waals surface area (Å²) in [5, 5.41) is 3.16. The first-order valence-electron chi connectivity index (χ1n) is 11.0. The number of amides is 2. The number of rotatable bonds is 3. The second kappa shape index (κ2) is 10.8. The SMILES string of the molecule is CC[C@@H]1C/C=C/C[C@H](C)Oc2ccccc2C(=O)N(C)[C@@H](Cc2ccccc2)C(=O)N1. The van der Waals surface area contributed by atoms with Crippen LogP contribution in [-0.2, 0) is 11.2 Å². The van der Waals surface area contributed by atoms with Crippen molar-refractivity contribution in [1.29, 1.82) is 0 Å². The zero-order valence-corrected chi connectivity index (χ0v) is 18.6. The number of nitrogens with one attached hydrogen (secondary N) is 1. The molecule has 3 atom stereocenters. The molecule has 2 aromatic rings. The van der Waals surface area contributed by atoms with Crippen molar-refractivity contribution in [3.05, 3.63) is 77.9 Å². The van der Waals surface area contributed by atoms with E-state index in [2.05, 4.69) is 24.4 Å². The number of benzene rings is 2. The molecule has 0 aliphatic carbocycles. The number of nitrogens with zero attached hydrogens (tertiary/aromatic N) is 1. The van der Waals surface area contributed by atoms with Gasteiger partial charge in [-0.05, 0) is 37.5 Å². The molecule has 5 nitrogen and oxygen atoms in total. The van der Waals surface area contributed by atoms with Crippen LogP contribution >= 0.6 is 0 Å². The van der Waals surface area contributed by atoms with Crippen LogP contribution in [0.25, 0.3) is 0 Å². The lowest BCUT2D eigenvalue weighted by Gasteiger charge is -2.30. The average molecular weight is 421 g/mol. The Bertz CT molecular complexity index is 910. The van der Waals surface area contributed by atoms with Gasteiger partial charge < -0.3 is 15.0 Å². The highest BCUT2D eigenvalue weighted by atomic mass is 16.5. The van der Waals surface area contributed by atoms with Crippen LogP contribution in [0.3, 0.4) is 0 Å². The topological polar surface area (TPSA) is 58.6 Å². The predicted octanol–water partition coefficient (Wildman–Crippen LogP) is 4.38. The van der Waals surface area contributed by atoms with Gasteiger partial charge in [0.2, 0.25) is 5.91 Å². The molecule has 0 bridgehead atoms. The molecule has 2 aromatic carbocycles. The molecule has 1 N–H and O–H groups in total. The summed E-state index contributed by atoms with van der Waals surface area (Å²) in [6.07, 6.45) is 6.88. The summed E-state index contributed by atoms with van der Waals surface area (Å²) in [5.41, 5.74) is 1.48. The van der Waals surface area contributed by atoms with Crippen LogP contribution in [0, 0.1) is 0 Å². The van der Waals surface area contributed by atoms with Crippen LogP contribution in [0.1, 0.15) is 49.0 Å². The summed E-state index contributed by atoms with van der Waals surface area (Å²) in [4.78, 5) is 28.3. The summed E-state index contributed by atoms with van der Waals surface area (Å²) in [6, 6.07) is 16.5. The van der Waals surface area contributed by atoms with Gasteiger partial charge in [-0.1, -0.05) is 61.5 Å². The fraction of sp³-hybridized carbons (Fsp3) is 0.385. The summed E-state index contributed by atoms with van der Waals surface area (Å²) >= 11 is 0. The summed E-state index contributed by atoms with van der Waals surface area (Å²) in [6.45, 7) is 4.06. The van der Waals surface area contributed by atoms with Crippen LogP contribution in [0.15, 0.2) is 66.7 Å². The van der Waals surface area contributed by atoms with Crippen LogP contribution in [0.4, 0.5) is 0 Å². The van der Waals surface area contributed by atoms with Gasteiger partial charge in [-0.3, -0.25) is 9.59 Å². The number of likely N-dealkylation sites (N-methyl/N-ethyl adjacent to an activating group) is 1. The molecule has 0 unspecified atom stereocenters. The fourth-order valence-corrected chi connectivity index (χ4v) is 3.76. The molecule has 1 aliphatic heterocycles. The van der Waals surface area contributed by atoms with E-state index < -0.39 is 6.04 Å². The van der Waals surface area contributed by atoms with Crippen LogP contribution in [0.5, 0.6) is 5.75 Å². The molecule has 0 saturated heterocycles. The highest BCUT2D eigenvalue weighted by molar-refractivity contribution is 5.99. The van der Waals surface area contributed by atoms with Gasteiger partial charge in [0.15, 0.2) is 0 Å². The molecule has 164 valence electrons. The van der Waals surface area contributed by atoms with Crippen LogP contribution in [0.2, 0.25) is 0 Å². The first-order chi connectivity index (χ1) is 15.0. The summed E-state index contributed by atoms with van der Waals surface area (Å²) in [7, 11) is 1.70. The Kier molecular flexibility index (Phi) is 7.88. The Morgan fingerprint density at radius 2 is 1.68 bits per heavy atom. The molecule has 0 radical (unpaired) electrons. The van der Waals surface area contributed by atoms with E-state index in [1.54, 1.807) is 18.0 Å². The molecule has 1 aliphatic rings. The predicted molar refractivity (Wildman–Crippen MR) is 123 cm³/mol. The van der Waals surface area contributed by atoms with Gasteiger partial charge in [0.1, 0.15) is 11.8 Å². The number of fused-ring (bicyclic) bond motifs is 1. The van der Waals surface area contributed by atoms with Gasteiger partial charge in [-0.25, -0.2) is 0 Å². The van der Waals surface area contributed by atoms with Gasteiger partial charge in [0.25, 0.3) is 5.91 Å². The molecule has 3 rings (SSSR count). The van der Waals surface area contributed by atoms with Crippen molar-refractivity contribution in [2.75, 3.05) is 7.05 Å². The minimum atomic E-state index is -0.624. The number of hydrogen-bond donors (Lipinski definition) is 1. The van der Waals surface area contributed by atoms with E-state index in [9.17, 15) is 9.59 Å². The Hall–Kier alpha value is -3.08. The fourth-order valence-electron chi connectivity index (χ4n) is 3.76. The molecule has 0 aromatic heterocycles. The number of para-hydroxylation sites is 1. The third-order valence-electron chi connectivity index (χ3n) is 5.70. The van der Waals surface area contributed by atoms with Gasteiger partial charge in [0, 0.05) is 25.9 Å². The number of hydrogen-bond acceptors (Lipinski definition) is 3. The summed E-state index contributed by atoms with van der Waals surface area (Å²) < 4.78 is 6.09. The monoisotopic (exact) mass is 420 g/mol. The van der Waals surface area contributed by atoms with Crippen molar-refractivity contribution in [2.45, 2.75) is 57.7 Å². The van der Waals surface area contributed by atoms with E-state index in [0.717, 1.165) is 24.8 Å². The Morgan fingerprint density at radius 1 is 1.00 bits per heavy atom. The largest absolute Gasteiger partial charge is 0.490 e. The minimum absolute atomic E-state index is 0.0250. The highest BCUT2D eigenvalue weighted by Crippen LogP contribution is 2.23. The maximum Gasteiger partial charge on any atom is 0.258 e. The van der Waals surface area contributed by atoms with Gasteiger partial charge in [-0.2, -0.15) is 0 Å². The Balaban J connectivity index is 1.98. The molecule has 31 heavy (non-hydrogen) atoms. The van der Waals surface area contributed by atoms with Crippen molar-refractivity contribution < 1.29 is 14.3 Å². The molecule has 0 spiro atoms. The van der Waals surface area contributed by atoms with Crippen LogP contribution < -0.4 is 10.1 Å². The normalized spacial score (nSPS) is 23.8. The first-order valence-corrected chi connectivity index (χ1v) is 11.0. The molecule has 2 amide bonds. The highest BCUT2D eigenvalue weighted by Gasteiger charge is 2.30. The molecular formula is C26H32N2O3. The standard InChI is InChI=1S/C26H32N2O3/c1-4-21-15-9-8-12-19(2)31-24-17-11-10-16-22(24)26(30)28(3)23(25(29)27-21)18-20-13-6-5-7-14-20/h5-11,13-14,16-17,19,21,23H,4,12,15,18H2,1-3H3,(H,27,29)/b9-8+/t19-,21+,23-/m0/s1. The van der Waals surface area contributed by atoms with Crippen molar-refractivity contribution in [2.24, 2.45) is 0 Å². The zero-order valence-electron chi connectivity index (χ0n) is 18.6. The zero-order chi connectivity index (χ0) is 22.2. The third-order valence-corrected chi connectivity index (χ3v) is 5.70.